The average Bonchev–Trinajstić information content (AvgIpc) is 2.46. The van der Waals surface area contributed by atoms with E-state index in [1.165, 1.54) is 37.2 Å². The number of hydrogen-bond donors (Lipinski definition) is 0. The van der Waals surface area contributed by atoms with E-state index in [0.29, 0.717) is 22.2 Å². The summed E-state index contributed by atoms with van der Waals surface area (Å²) < 4.78 is 0. The van der Waals surface area contributed by atoms with Gasteiger partial charge in [-0.2, -0.15) is 11.8 Å². The van der Waals surface area contributed by atoms with Gasteiger partial charge in [0.15, 0.2) is 0 Å². The Labute approximate surface area is 120 Å². The summed E-state index contributed by atoms with van der Waals surface area (Å²) in [6.07, 6.45) is 7.37. The molecule has 0 bridgehead atoms. The van der Waals surface area contributed by atoms with E-state index in [2.05, 4.69) is 13.8 Å². The smallest absolute Gasteiger partial charge is 0.150 e. The zero-order valence-electron chi connectivity index (χ0n) is 11.7. The molecule has 1 aliphatic heterocycles. The van der Waals surface area contributed by atoms with Crippen molar-refractivity contribution in [2.24, 2.45) is 11.8 Å². The van der Waals surface area contributed by atoms with Gasteiger partial charge in [0.2, 0.25) is 0 Å². The summed E-state index contributed by atoms with van der Waals surface area (Å²) in [7, 11) is 0. The second-order valence-electron chi connectivity index (χ2n) is 5.65. The van der Waals surface area contributed by atoms with Crippen molar-refractivity contribution in [1.82, 2.24) is 0 Å². The third-order valence-corrected chi connectivity index (χ3v) is 7.76. The van der Waals surface area contributed by atoms with Crippen LogP contribution >= 0.6 is 23.5 Å². The van der Waals surface area contributed by atoms with E-state index in [-0.39, 0.29) is 0 Å². The molecule has 4 unspecified atom stereocenters. The molecular formula is C15H26OS2. The van der Waals surface area contributed by atoms with Crippen molar-refractivity contribution < 1.29 is 4.79 Å². The van der Waals surface area contributed by atoms with Crippen molar-refractivity contribution >= 4 is 29.3 Å². The molecule has 0 radical (unpaired) electrons. The Morgan fingerprint density at radius 3 is 2.61 bits per heavy atom. The minimum atomic E-state index is 0.300. The Balaban J connectivity index is 1.96. The predicted octanol–water partition coefficient (Wildman–Crippen LogP) is 4.40. The van der Waals surface area contributed by atoms with Gasteiger partial charge >= 0.3 is 0 Å². The molecule has 2 rings (SSSR count). The molecule has 104 valence electrons. The lowest BCUT2D eigenvalue weighted by Crippen LogP contribution is -2.38. The molecule has 0 aromatic rings. The van der Waals surface area contributed by atoms with Gasteiger partial charge in [0.1, 0.15) is 5.78 Å². The molecule has 3 heteroatoms. The third kappa shape index (κ3) is 3.47. The van der Waals surface area contributed by atoms with Crippen LogP contribution in [-0.4, -0.2) is 27.8 Å². The van der Waals surface area contributed by atoms with Crippen LogP contribution in [0.1, 0.15) is 52.4 Å². The lowest BCUT2D eigenvalue weighted by Gasteiger charge is -2.34. The molecule has 1 aliphatic carbocycles. The maximum atomic E-state index is 12.7. The number of carbonyl (C=O) groups is 1. The maximum Gasteiger partial charge on any atom is 0.150 e. The molecule has 1 saturated carbocycles. The highest BCUT2D eigenvalue weighted by molar-refractivity contribution is 8.07. The molecule has 2 aliphatic rings. The van der Waals surface area contributed by atoms with E-state index in [1.807, 2.05) is 23.5 Å². The summed E-state index contributed by atoms with van der Waals surface area (Å²) >= 11 is 3.96. The Kier molecular flexibility index (Phi) is 5.94. The first kappa shape index (κ1) is 14.8. The lowest BCUT2D eigenvalue weighted by atomic mass is 9.77. The van der Waals surface area contributed by atoms with Crippen LogP contribution in [-0.2, 0) is 4.79 Å². The number of hydrogen-bond acceptors (Lipinski definition) is 3. The van der Waals surface area contributed by atoms with E-state index in [4.69, 9.17) is 0 Å². The quantitative estimate of drug-likeness (QED) is 0.762. The lowest BCUT2D eigenvalue weighted by molar-refractivity contribution is -0.123. The van der Waals surface area contributed by atoms with Gasteiger partial charge in [-0.25, -0.2) is 0 Å². The van der Waals surface area contributed by atoms with Crippen LogP contribution in [0.4, 0.5) is 0 Å². The highest BCUT2D eigenvalue weighted by atomic mass is 32.2. The predicted molar refractivity (Wildman–Crippen MR) is 83.5 cm³/mol. The van der Waals surface area contributed by atoms with Gasteiger partial charge in [-0.3, -0.25) is 4.79 Å². The second-order valence-corrected chi connectivity index (χ2v) is 8.25. The van der Waals surface area contributed by atoms with E-state index in [1.54, 1.807) is 0 Å². The molecule has 0 aromatic heterocycles. The summed E-state index contributed by atoms with van der Waals surface area (Å²) in [5, 5.41) is 0.882. The van der Waals surface area contributed by atoms with Gasteiger partial charge in [-0.05, 0) is 25.2 Å². The van der Waals surface area contributed by atoms with Crippen molar-refractivity contribution in [2.45, 2.75) is 62.9 Å². The van der Waals surface area contributed by atoms with Crippen LogP contribution in [0.2, 0.25) is 0 Å². The Hall–Kier alpha value is 0.370. The zero-order chi connectivity index (χ0) is 13.0. The van der Waals surface area contributed by atoms with Crippen LogP contribution in [0, 0.1) is 11.8 Å². The summed E-state index contributed by atoms with van der Waals surface area (Å²) in [5.74, 6) is 4.19. The maximum absolute atomic E-state index is 12.7. The summed E-state index contributed by atoms with van der Waals surface area (Å²) in [6, 6.07) is 0. The molecule has 0 amide bonds. The Morgan fingerprint density at radius 2 is 1.89 bits per heavy atom. The van der Waals surface area contributed by atoms with Gasteiger partial charge in [0.25, 0.3) is 0 Å². The van der Waals surface area contributed by atoms with Crippen LogP contribution in [0.25, 0.3) is 0 Å². The fourth-order valence-electron chi connectivity index (χ4n) is 3.32. The van der Waals surface area contributed by atoms with E-state index in [9.17, 15) is 4.79 Å². The van der Waals surface area contributed by atoms with Gasteiger partial charge in [0.05, 0.1) is 5.25 Å². The summed E-state index contributed by atoms with van der Waals surface area (Å²) in [4.78, 5) is 12.7. The van der Waals surface area contributed by atoms with E-state index >= 15 is 0 Å². The van der Waals surface area contributed by atoms with Crippen LogP contribution in [0.3, 0.4) is 0 Å². The van der Waals surface area contributed by atoms with Gasteiger partial charge in [-0.15, -0.1) is 11.8 Å². The van der Waals surface area contributed by atoms with Crippen LogP contribution in [0.15, 0.2) is 0 Å². The van der Waals surface area contributed by atoms with Gasteiger partial charge < -0.3 is 0 Å². The summed E-state index contributed by atoms with van der Waals surface area (Å²) in [5.41, 5.74) is 0. The molecule has 1 nitrogen and oxygen atoms in total. The van der Waals surface area contributed by atoms with Crippen molar-refractivity contribution in [3.63, 3.8) is 0 Å². The monoisotopic (exact) mass is 286 g/mol. The third-order valence-electron chi connectivity index (χ3n) is 4.50. The molecule has 0 aromatic carbocycles. The highest BCUT2D eigenvalue weighted by Crippen LogP contribution is 2.39. The molecular weight excluding hydrogens is 260 g/mol. The Morgan fingerprint density at radius 1 is 1.11 bits per heavy atom. The number of ketones is 1. The number of Topliss-reactive ketones (excluding diaryl/α,β-unsaturated/α-hetero) is 1. The first-order valence-electron chi connectivity index (χ1n) is 7.53. The van der Waals surface area contributed by atoms with E-state index < -0.39 is 0 Å². The standard InChI is InChI=1S/C15H26OS2/c1-3-11-6-5-7-12(10-11)14(16)15-13(4-2)17-8-9-18-15/h11-13,15H,3-10H2,1-2H3. The summed E-state index contributed by atoms with van der Waals surface area (Å²) in [6.45, 7) is 4.51. The fourth-order valence-corrected chi connectivity index (χ4v) is 6.43. The normalized spacial score (nSPS) is 37.4. The number of thioether (sulfide) groups is 2. The zero-order valence-corrected chi connectivity index (χ0v) is 13.3. The SMILES string of the molecule is CCC1CCCC(C(=O)C2SCCSC2CC)C1. The minimum Gasteiger partial charge on any atom is -0.298 e. The number of rotatable bonds is 4. The van der Waals surface area contributed by atoms with E-state index in [0.717, 1.165) is 18.8 Å². The highest BCUT2D eigenvalue weighted by Gasteiger charge is 2.36. The van der Waals surface area contributed by atoms with Gasteiger partial charge in [-0.1, -0.05) is 33.1 Å². The van der Waals surface area contributed by atoms with Gasteiger partial charge in [0, 0.05) is 22.7 Å². The largest absolute Gasteiger partial charge is 0.298 e. The first-order valence-corrected chi connectivity index (χ1v) is 9.62. The van der Waals surface area contributed by atoms with Crippen molar-refractivity contribution in [1.29, 1.82) is 0 Å². The topological polar surface area (TPSA) is 17.1 Å². The van der Waals surface area contributed by atoms with Crippen LogP contribution in [0.5, 0.6) is 0 Å². The second kappa shape index (κ2) is 7.23. The molecule has 1 heterocycles. The molecule has 0 spiro atoms. The average molecular weight is 287 g/mol. The number of carbonyl (C=O) groups excluding carboxylic acids is 1. The van der Waals surface area contributed by atoms with Crippen molar-refractivity contribution in [3.05, 3.63) is 0 Å². The molecule has 4 atom stereocenters. The molecule has 2 fully saturated rings. The first-order chi connectivity index (χ1) is 8.76. The van der Waals surface area contributed by atoms with Crippen LogP contribution < -0.4 is 0 Å². The fraction of sp³-hybridized carbons (Fsp3) is 0.933. The van der Waals surface area contributed by atoms with Crippen molar-refractivity contribution in [3.8, 4) is 0 Å². The van der Waals surface area contributed by atoms with Crippen molar-refractivity contribution in [2.75, 3.05) is 11.5 Å². The Bertz CT molecular complexity index is 280. The molecule has 0 N–H and O–H groups in total. The molecule has 18 heavy (non-hydrogen) atoms. The molecule has 1 saturated heterocycles. The minimum absolute atomic E-state index is 0.300.